The molecule has 0 aliphatic carbocycles. The maximum Gasteiger partial charge on any atom is 0.338 e. The fraction of sp³-hybridized carbons (Fsp3) is 0.440. The van der Waals surface area contributed by atoms with Crippen LogP contribution in [0.5, 0.6) is 0 Å². The molecular weight excluding hydrogens is 364 g/mol. The Morgan fingerprint density at radius 2 is 0.931 bits per heavy atom. The molecule has 0 heterocycles. The first-order chi connectivity index (χ1) is 13.7. The van der Waals surface area contributed by atoms with E-state index in [1.165, 1.54) is 11.1 Å². The van der Waals surface area contributed by atoms with Crippen molar-refractivity contribution in [1.82, 2.24) is 0 Å². The molecule has 0 saturated carbocycles. The van der Waals surface area contributed by atoms with E-state index in [1.54, 1.807) is 24.3 Å². The van der Waals surface area contributed by atoms with Crippen LogP contribution in [0.15, 0.2) is 48.5 Å². The Balaban J connectivity index is 1.85. The lowest BCUT2D eigenvalue weighted by molar-refractivity contribution is 0.00763. The minimum atomic E-state index is -0.365. The molecule has 0 N–H and O–H groups in total. The molecular formula is C25H32O4. The number of rotatable bonds is 8. The zero-order chi connectivity index (χ0) is 21.6. The van der Waals surface area contributed by atoms with Gasteiger partial charge in [-0.05, 0) is 61.1 Å². The van der Waals surface area contributed by atoms with Gasteiger partial charge in [0.2, 0.25) is 0 Å². The summed E-state index contributed by atoms with van der Waals surface area (Å²) >= 11 is 0. The lowest BCUT2D eigenvalue weighted by Gasteiger charge is -2.19. The summed E-state index contributed by atoms with van der Waals surface area (Å²) in [6.07, 6.45) is -0.289. The highest BCUT2D eigenvalue weighted by atomic mass is 16.6. The van der Waals surface area contributed by atoms with E-state index in [9.17, 15) is 9.59 Å². The third-order valence-electron chi connectivity index (χ3n) is 4.91. The Morgan fingerprint density at radius 1 is 0.621 bits per heavy atom. The van der Waals surface area contributed by atoms with Crippen LogP contribution in [0.4, 0.5) is 0 Å². The molecule has 29 heavy (non-hydrogen) atoms. The fourth-order valence-corrected chi connectivity index (χ4v) is 3.07. The van der Waals surface area contributed by atoms with Gasteiger partial charge in [0.1, 0.15) is 12.2 Å². The molecule has 2 rings (SSSR count). The molecule has 0 fully saturated rings. The molecule has 2 atom stereocenters. The second-order valence-corrected chi connectivity index (χ2v) is 8.22. The van der Waals surface area contributed by atoms with Crippen LogP contribution < -0.4 is 0 Å². The van der Waals surface area contributed by atoms with Gasteiger partial charge in [0.25, 0.3) is 0 Å². The zero-order valence-electron chi connectivity index (χ0n) is 18.3. The Morgan fingerprint density at radius 3 is 1.21 bits per heavy atom. The average molecular weight is 397 g/mol. The largest absolute Gasteiger partial charge is 0.459 e. The first-order valence-corrected chi connectivity index (χ1v) is 10.3. The minimum Gasteiger partial charge on any atom is -0.459 e. The molecule has 0 radical (unpaired) electrons. The summed E-state index contributed by atoms with van der Waals surface area (Å²) < 4.78 is 11.0. The summed E-state index contributed by atoms with van der Waals surface area (Å²) in [4.78, 5) is 24.6. The van der Waals surface area contributed by atoms with Crippen LogP contribution in [0, 0.1) is 0 Å². The van der Waals surface area contributed by atoms with Crippen molar-refractivity contribution in [3.8, 4) is 0 Å². The van der Waals surface area contributed by atoms with Crippen molar-refractivity contribution in [2.75, 3.05) is 0 Å². The number of benzene rings is 2. The smallest absolute Gasteiger partial charge is 0.338 e. The molecule has 0 aliphatic rings. The van der Waals surface area contributed by atoms with E-state index in [1.807, 2.05) is 38.1 Å². The number of ether oxygens (including phenoxy) is 2. The topological polar surface area (TPSA) is 52.6 Å². The summed E-state index contributed by atoms with van der Waals surface area (Å²) in [5.74, 6) is 0.0958. The Labute approximate surface area is 174 Å². The SMILES string of the molecule is CC(CC(C)OC(=O)c1ccc(C(C)C)cc1)OC(=O)c1ccc(C(C)C)cc1. The van der Waals surface area contributed by atoms with Gasteiger partial charge in [-0.3, -0.25) is 0 Å². The molecule has 0 saturated heterocycles. The van der Waals surface area contributed by atoms with E-state index < -0.39 is 0 Å². The molecule has 0 bridgehead atoms. The summed E-state index contributed by atoms with van der Waals surface area (Å²) in [7, 11) is 0. The molecule has 4 heteroatoms. The molecule has 2 aromatic carbocycles. The van der Waals surface area contributed by atoms with Crippen molar-refractivity contribution in [2.45, 2.75) is 72.0 Å². The molecule has 2 aromatic rings. The first-order valence-electron chi connectivity index (χ1n) is 10.3. The second kappa shape index (κ2) is 10.2. The van der Waals surface area contributed by atoms with Gasteiger partial charge in [0.05, 0.1) is 11.1 Å². The third-order valence-corrected chi connectivity index (χ3v) is 4.91. The van der Waals surface area contributed by atoms with Gasteiger partial charge in [-0.15, -0.1) is 0 Å². The fourth-order valence-electron chi connectivity index (χ4n) is 3.07. The van der Waals surface area contributed by atoms with Crippen molar-refractivity contribution in [3.05, 3.63) is 70.8 Å². The Kier molecular flexibility index (Phi) is 8.00. The van der Waals surface area contributed by atoms with E-state index in [0.717, 1.165) is 0 Å². The van der Waals surface area contributed by atoms with Crippen molar-refractivity contribution >= 4 is 11.9 Å². The van der Waals surface area contributed by atoms with Crippen LogP contribution in [0.1, 0.15) is 91.6 Å². The number of hydrogen-bond acceptors (Lipinski definition) is 4. The van der Waals surface area contributed by atoms with Gasteiger partial charge in [-0.1, -0.05) is 52.0 Å². The van der Waals surface area contributed by atoms with Gasteiger partial charge >= 0.3 is 11.9 Å². The standard InChI is InChI=1S/C25H32O4/c1-16(2)20-7-11-22(12-8-20)24(26)28-18(5)15-19(6)29-25(27)23-13-9-21(10-14-23)17(3)4/h7-14,16-19H,15H2,1-6H3. The Bertz CT molecular complexity index is 734. The van der Waals surface area contributed by atoms with Crippen LogP contribution >= 0.6 is 0 Å². The third kappa shape index (κ3) is 6.74. The molecule has 0 amide bonds. The highest BCUT2D eigenvalue weighted by Gasteiger charge is 2.18. The second-order valence-electron chi connectivity index (χ2n) is 8.22. The van der Waals surface area contributed by atoms with Gasteiger partial charge in [0.15, 0.2) is 0 Å². The number of hydrogen-bond donors (Lipinski definition) is 0. The average Bonchev–Trinajstić information content (AvgIpc) is 2.67. The summed E-state index contributed by atoms with van der Waals surface area (Å²) in [6, 6.07) is 14.9. The first kappa shape index (κ1) is 22.7. The molecule has 0 aromatic heterocycles. The van der Waals surface area contributed by atoms with Crippen molar-refractivity contribution in [3.63, 3.8) is 0 Å². The highest BCUT2D eigenvalue weighted by Crippen LogP contribution is 2.18. The quantitative estimate of drug-likeness (QED) is 0.505. The summed E-state index contributed by atoms with van der Waals surface area (Å²) in [5.41, 5.74) is 3.40. The van der Waals surface area contributed by atoms with Crippen LogP contribution in [0.3, 0.4) is 0 Å². The van der Waals surface area contributed by atoms with Gasteiger partial charge < -0.3 is 9.47 Å². The number of carbonyl (C=O) groups is 2. The van der Waals surface area contributed by atoms with Gasteiger partial charge in [-0.25, -0.2) is 9.59 Å². The van der Waals surface area contributed by atoms with Gasteiger partial charge in [0, 0.05) is 6.42 Å². The normalized spacial score (nSPS) is 13.2. The van der Waals surface area contributed by atoms with E-state index in [4.69, 9.17) is 9.47 Å². The van der Waals surface area contributed by atoms with Crippen LogP contribution in [-0.2, 0) is 9.47 Å². The van der Waals surface area contributed by atoms with Crippen molar-refractivity contribution in [1.29, 1.82) is 0 Å². The maximum atomic E-state index is 12.3. The lowest BCUT2D eigenvalue weighted by atomic mass is 10.0. The molecule has 0 aliphatic heterocycles. The summed E-state index contributed by atoms with van der Waals surface area (Å²) in [6.45, 7) is 12.0. The maximum absolute atomic E-state index is 12.3. The zero-order valence-corrected chi connectivity index (χ0v) is 18.3. The monoisotopic (exact) mass is 396 g/mol. The number of esters is 2. The predicted molar refractivity (Wildman–Crippen MR) is 115 cm³/mol. The predicted octanol–water partition coefficient (Wildman–Crippen LogP) is 6.11. The van der Waals surface area contributed by atoms with E-state index >= 15 is 0 Å². The Hall–Kier alpha value is -2.62. The number of carbonyl (C=O) groups excluding carboxylic acids is 2. The van der Waals surface area contributed by atoms with Crippen molar-refractivity contribution in [2.24, 2.45) is 0 Å². The van der Waals surface area contributed by atoms with Crippen LogP contribution in [0.2, 0.25) is 0 Å². The van der Waals surface area contributed by atoms with E-state index in [2.05, 4.69) is 27.7 Å². The molecule has 156 valence electrons. The van der Waals surface area contributed by atoms with E-state index in [0.29, 0.717) is 29.4 Å². The molecule has 0 spiro atoms. The summed E-state index contributed by atoms with van der Waals surface area (Å²) in [5, 5.41) is 0. The van der Waals surface area contributed by atoms with E-state index in [-0.39, 0.29) is 24.1 Å². The van der Waals surface area contributed by atoms with Crippen LogP contribution in [-0.4, -0.2) is 24.1 Å². The van der Waals surface area contributed by atoms with Crippen molar-refractivity contribution < 1.29 is 19.1 Å². The lowest BCUT2D eigenvalue weighted by Crippen LogP contribution is -2.23. The molecule has 4 nitrogen and oxygen atoms in total. The highest BCUT2D eigenvalue weighted by molar-refractivity contribution is 5.90. The van der Waals surface area contributed by atoms with Gasteiger partial charge in [-0.2, -0.15) is 0 Å². The van der Waals surface area contributed by atoms with Crippen LogP contribution in [0.25, 0.3) is 0 Å². The molecule has 2 unspecified atom stereocenters. The minimum absolute atomic E-state index is 0.363.